The predicted molar refractivity (Wildman–Crippen MR) is 85.8 cm³/mol. The van der Waals surface area contributed by atoms with E-state index < -0.39 is 24.7 Å². The summed E-state index contributed by atoms with van der Waals surface area (Å²) in [5.74, 6) is 0.0114. The number of aryl methyl sites for hydroxylation is 2. The van der Waals surface area contributed by atoms with Crippen molar-refractivity contribution in [1.29, 1.82) is 0 Å². The fraction of sp³-hybridized carbons (Fsp3) is 0.412. The van der Waals surface area contributed by atoms with Crippen molar-refractivity contribution in [3.05, 3.63) is 41.7 Å². The van der Waals surface area contributed by atoms with E-state index >= 15 is 0 Å². The van der Waals surface area contributed by atoms with Gasteiger partial charge in [0.05, 0.1) is 17.9 Å². The van der Waals surface area contributed by atoms with E-state index in [0.717, 1.165) is 4.90 Å². The molecular formula is C17H18F3N3O3. The van der Waals surface area contributed by atoms with Gasteiger partial charge in [-0.15, -0.1) is 0 Å². The summed E-state index contributed by atoms with van der Waals surface area (Å²) in [5.41, 5.74) is 1.16. The molecule has 9 heteroatoms. The van der Waals surface area contributed by atoms with Crippen LogP contribution >= 0.6 is 0 Å². The van der Waals surface area contributed by atoms with E-state index in [0.29, 0.717) is 22.9 Å². The third-order valence-electron chi connectivity index (χ3n) is 3.92. The summed E-state index contributed by atoms with van der Waals surface area (Å²) in [5, 5.41) is 4.10. The van der Waals surface area contributed by atoms with Gasteiger partial charge in [-0.2, -0.15) is 18.3 Å². The van der Waals surface area contributed by atoms with Gasteiger partial charge in [0.2, 0.25) is 6.10 Å². The Morgan fingerprint density at radius 1 is 1.35 bits per heavy atom. The molecule has 0 spiro atoms. The number of hydrogen-bond acceptors (Lipinski definition) is 4. The minimum Gasteiger partial charge on any atom is -0.485 e. The molecule has 1 amide bonds. The number of nitrogens with zero attached hydrogens (tertiary/aromatic N) is 3. The SMILES string of the molecule is Cc1cc(CN(CC(F)(F)F)C(=O)C2COc3ccccc3O2)n(C)n1. The monoisotopic (exact) mass is 369 g/mol. The molecule has 2 aromatic rings. The fourth-order valence-corrected chi connectivity index (χ4v) is 2.78. The molecule has 1 unspecified atom stereocenters. The van der Waals surface area contributed by atoms with Crippen molar-refractivity contribution in [2.24, 2.45) is 7.05 Å². The van der Waals surface area contributed by atoms with Crippen LogP contribution in [-0.4, -0.2) is 46.0 Å². The molecule has 1 aromatic carbocycles. The zero-order valence-corrected chi connectivity index (χ0v) is 14.3. The number of halogens is 3. The van der Waals surface area contributed by atoms with Crippen LogP contribution in [-0.2, 0) is 18.4 Å². The van der Waals surface area contributed by atoms with Gasteiger partial charge in [-0.1, -0.05) is 12.1 Å². The predicted octanol–water partition coefficient (Wildman–Crippen LogP) is 2.46. The number of para-hydroxylation sites is 2. The molecule has 6 nitrogen and oxygen atoms in total. The topological polar surface area (TPSA) is 56.6 Å². The van der Waals surface area contributed by atoms with Crippen LogP contribution < -0.4 is 9.47 Å². The minimum atomic E-state index is -4.53. The Hall–Kier alpha value is -2.71. The number of alkyl halides is 3. The summed E-state index contributed by atoms with van der Waals surface area (Å²) in [6.07, 6.45) is -5.67. The maximum absolute atomic E-state index is 13.0. The van der Waals surface area contributed by atoms with E-state index in [9.17, 15) is 18.0 Å². The van der Waals surface area contributed by atoms with Gasteiger partial charge in [-0.25, -0.2) is 0 Å². The highest BCUT2D eigenvalue weighted by Crippen LogP contribution is 2.31. The molecule has 3 rings (SSSR count). The van der Waals surface area contributed by atoms with Gasteiger partial charge >= 0.3 is 6.18 Å². The lowest BCUT2D eigenvalue weighted by molar-refractivity contribution is -0.168. The van der Waals surface area contributed by atoms with Gasteiger partial charge in [0.1, 0.15) is 13.2 Å². The summed E-state index contributed by atoms with van der Waals surface area (Å²) in [7, 11) is 1.62. The number of benzene rings is 1. The number of carbonyl (C=O) groups excluding carboxylic acids is 1. The Morgan fingerprint density at radius 2 is 2.04 bits per heavy atom. The zero-order valence-electron chi connectivity index (χ0n) is 14.3. The van der Waals surface area contributed by atoms with E-state index in [-0.39, 0.29) is 13.2 Å². The maximum Gasteiger partial charge on any atom is 0.406 e. The molecule has 1 atom stereocenters. The number of rotatable bonds is 4. The van der Waals surface area contributed by atoms with Crippen molar-refractivity contribution in [3.63, 3.8) is 0 Å². The quantitative estimate of drug-likeness (QED) is 0.831. The van der Waals surface area contributed by atoms with Crippen LogP contribution in [0, 0.1) is 6.92 Å². The molecule has 0 saturated heterocycles. The van der Waals surface area contributed by atoms with Gasteiger partial charge in [-0.05, 0) is 25.1 Å². The van der Waals surface area contributed by atoms with E-state index in [1.807, 2.05) is 0 Å². The number of ether oxygens (including phenoxy) is 2. The molecule has 1 aliphatic rings. The average molecular weight is 369 g/mol. The van der Waals surface area contributed by atoms with E-state index in [1.54, 1.807) is 44.3 Å². The fourth-order valence-electron chi connectivity index (χ4n) is 2.78. The first kappa shape index (κ1) is 18.1. The van der Waals surface area contributed by atoms with Crippen LogP contribution in [0.4, 0.5) is 13.2 Å². The lowest BCUT2D eigenvalue weighted by atomic mass is 10.2. The molecular weight excluding hydrogens is 351 g/mol. The van der Waals surface area contributed by atoms with Crippen molar-refractivity contribution in [2.45, 2.75) is 25.7 Å². The van der Waals surface area contributed by atoms with E-state index in [2.05, 4.69) is 5.10 Å². The standard InChI is InChI=1S/C17H18F3N3O3/c1-11-7-12(22(2)21-11)8-23(10-17(18,19)20)16(24)15-9-25-13-5-3-4-6-14(13)26-15/h3-7,15H,8-10H2,1-2H3. The van der Waals surface area contributed by atoms with Gasteiger partial charge in [-0.3, -0.25) is 9.48 Å². The summed E-state index contributed by atoms with van der Waals surface area (Å²) in [4.78, 5) is 13.4. The smallest absolute Gasteiger partial charge is 0.406 e. The molecule has 2 heterocycles. The molecule has 1 aliphatic heterocycles. The Labute approximate surface area is 148 Å². The zero-order chi connectivity index (χ0) is 18.9. The number of fused-ring (bicyclic) bond motifs is 1. The maximum atomic E-state index is 13.0. The van der Waals surface area contributed by atoms with Crippen LogP contribution in [0.15, 0.2) is 30.3 Å². The molecule has 0 radical (unpaired) electrons. The van der Waals surface area contributed by atoms with Crippen LogP contribution in [0.5, 0.6) is 11.5 Å². The van der Waals surface area contributed by atoms with Crippen LogP contribution in [0.3, 0.4) is 0 Å². The lowest BCUT2D eigenvalue weighted by Gasteiger charge is -2.31. The van der Waals surface area contributed by atoms with E-state index in [1.165, 1.54) is 4.68 Å². The van der Waals surface area contributed by atoms with Crippen LogP contribution in [0.1, 0.15) is 11.4 Å². The van der Waals surface area contributed by atoms with Gasteiger partial charge in [0, 0.05) is 7.05 Å². The minimum absolute atomic E-state index is 0.144. The van der Waals surface area contributed by atoms with Crippen molar-refractivity contribution in [3.8, 4) is 11.5 Å². The number of amides is 1. The van der Waals surface area contributed by atoms with Crippen molar-refractivity contribution < 1.29 is 27.4 Å². The molecule has 0 N–H and O–H groups in total. The normalized spacial score (nSPS) is 16.4. The molecule has 0 saturated carbocycles. The van der Waals surface area contributed by atoms with Crippen molar-refractivity contribution in [1.82, 2.24) is 14.7 Å². The van der Waals surface area contributed by atoms with Gasteiger partial charge < -0.3 is 14.4 Å². The Balaban J connectivity index is 1.80. The van der Waals surface area contributed by atoms with Crippen molar-refractivity contribution >= 4 is 5.91 Å². The first-order valence-electron chi connectivity index (χ1n) is 7.96. The molecule has 26 heavy (non-hydrogen) atoms. The molecule has 140 valence electrons. The second kappa shape index (κ2) is 6.89. The van der Waals surface area contributed by atoms with E-state index in [4.69, 9.17) is 9.47 Å². The first-order valence-corrected chi connectivity index (χ1v) is 7.96. The second-order valence-corrected chi connectivity index (χ2v) is 6.07. The molecule has 1 aromatic heterocycles. The second-order valence-electron chi connectivity index (χ2n) is 6.07. The highest BCUT2D eigenvalue weighted by Gasteiger charge is 2.38. The summed E-state index contributed by atoms with van der Waals surface area (Å²) >= 11 is 0. The Kier molecular flexibility index (Phi) is 4.80. The third-order valence-corrected chi connectivity index (χ3v) is 3.92. The summed E-state index contributed by atoms with van der Waals surface area (Å²) < 4.78 is 51.4. The third kappa shape index (κ3) is 4.09. The first-order chi connectivity index (χ1) is 12.2. The lowest BCUT2D eigenvalue weighted by Crippen LogP contribution is -2.49. The summed E-state index contributed by atoms with van der Waals surface area (Å²) in [6.45, 7) is -0.0161. The molecule has 0 bridgehead atoms. The average Bonchev–Trinajstić information content (AvgIpc) is 2.89. The molecule has 0 aliphatic carbocycles. The van der Waals surface area contributed by atoms with Crippen LogP contribution in [0.25, 0.3) is 0 Å². The number of hydrogen-bond donors (Lipinski definition) is 0. The van der Waals surface area contributed by atoms with Gasteiger partial charge in [0.15, 0.2) is 11.5 Å². The Morgan fingerprint density at radius 3 is 2.65 bits per heavy atom. The highest BCUT2D eigenvalue weighted by molar-refractivity contribution is 5.82. The van der Waals surface area contributed by atoms with Gasteiger partial charge in [0.25, 0.3) is 5.91 Å². The Bertz CT molecular complexity index is 804. The van der Waals surface area contributed by atoms with Crippen molar-refractivity contribution in [2.75, 3.05) is 13.2 Å². The molecule has 0 fully saturated rings. The number of aromatic nitrogens is 2. The van der Waals surface area contributed by atoms with Crippen LogP contribution in [0.2, 0.25) is 0 Å². The summed E-state index contributed by atoms with van der Waals surface area (Å²) in [6, 6.07) is 8.35. The number of carbonyl (C=O) groups is 1. The largest absolute Gasteiger partial charge is 0.485 e. The highest BCUT2D eigenvalue weighted by atomic mass is 19.4.